The molecule has 0 N–H and O–H groups in total. The lowest BCUT2D eigenvalue weighted by molar-refractivity contribution is -0.151. The number of ketones is 1. The number of rotatable bonds is 3. The van der Waals surface area contributed by atoms with Crippen molar-refractivity contribution < 1.29 is 14.3 Å². The fourth-order valence-corrected chi connectivity index (χ4v) is 2.10. The van der Waals surface area contributed by atoms with Crippen LogP contribution in [-0.2, 0) is 14.3 Å². The van der Waals surface area contributed by atoms with Crippen LogP contribution in [-0.4, -0.2) is 18.9 Å². The molecule has 1 atom stereocenters. The van der Waals surface area contributed by atoms with E-state index >= 15 is 0 Å². The van der Waals surface area contributed by atoms with Gasteiger partial charge in [-0.1, -0.05) is 42.5 Å². The smallest absolute Gasteiger partial charge is 0.376 e. The predicted octanol–water partition coefficient (Wildman–Crippen LogP) is 2.86. The molecule has 1 unspecified atom stereocenters. The van der Waals surface area contributed by atoms with Crippen molar-refractivity contribution in [3.05, 3.63) is 48.0 Å². The van der Waals surface area contributed by atoms with E-state index in [0.29, 0.717) is 5.56 Å². The van der Waals surface area contributed by atoms with Crippen LogP contribution in [0.1, 0.15) is 10.9 Å². The topological polar surface area (TPSA) is 43.4 Å². The third-order valence-corrected chi connectivity index (χ3v) is 3.15. The van der Waals surface area contributed by atoms with Crippen molar-refractivity contribution in [1.82, 2.24) is 0 Å². The van der Waals surface area contributed by atoms with E-state index in [1.54, 1.807) is 12.1 Å². The van der Waals surface area contributed by atoms with Crippen molar-refractivity contribution in [3.8, 4) is 0 Å². The molecule has 2 aromatic rings. The van der Waals surface area contributed by atoms with Gasteiger partial charge < -0.3 is 4.74 Å². The molecule has 0 saturated heterocycles. The van der Waals surface area contributed by atoms with Crippen LogP contribution in [0.3, 0.4) is 0 Å². The zero-order chi connectivity index (χ0) is 13.1. The Balaban J connectivity index is 2.48. The number of benzene rings is 2. The zero-order valence-electron chi connectivity index (χ0n) is 9.72. The summed E-state index contributed by atoms with van der Waals surface area (Å²) in [4.78, 5) is 22.9. The van der Waals surface area contributed by atoms with Gasteiger partial charge in [0.2, 0.25) is 0 Å². The third kappa shape index (κ3) is 2.22. The molecular weight excluding hydrogens is 252 g/mol. The van der Waals surface area contributed by atoms with E-state index in [0.717, 1.165) is 17.9 Å². The second-order valence-electron chi connectivity index (χ2n) is 3.79. The number of halogens is 1. The van der Waals surface area contributed by atoms with Gasteiger partial charge in [0.1, 0.15) is 5.38 Å². The van der Waals surface area contributed by atoms with Crippen LogP contribution < -0.4 is 0 Å². The molecule has 0 aromatic heterocycles. The van der Waals surface area contributed by atoms with Gasteiger partial charge in [0.25, 0.3) is 5.78 Å². The molecule has 92 valence electrons. The van der Waals surface area contributed by atoms with Crippen molar-refractivity contribution >= 4 is 34.1 Å². The molecule has 0 amide bonds. The maximum absolute atomic E-state index is 11.7. The summed E-state index contributed by atoms with van der Waals surface area (Å²) in [5, 5.41) is 0.805. The van der Waals surface area contributed by atoms with Gasteiger partial charge in [-0.05, 0) is 16.3 Å². The second-order valence-corrected chi connectivity index (χ2v) is 4.22. The SMILES string of the molecule is COC(=O)C(=O)C(Cl)c1cccc2ccccc12. The Morgan fingerprint density at radius 3 is 2.50 bits per heavy atom. The summed E-state index contributed by atoms with van der Waals surface area (Å²) in [5.41, 5.74) is 0.616. The molecule has 3 nitrogen and oxygen atoms in total. The molecule has 2 rings (SSSR count). The van der Waals surface area contributed by atoms with Crippen LogP contribution in [0.2, 0.25) is 0 Å². The van der Waals surface area contributed by atoms with Crippen LogP contribution in [0.25, 0.3) is 10.8 Å². The van der Waals surface area contributed by atoms with E-state index in [-0.39, 0.29) is 0 Å². The summed E-state index contributed by atoms with van der Waals surface area (Å²) in [5.74, 6) is -1.68. The molecule has 0 bridgehead atoms. The Morgan fingerprint density at radius 1 is 1.11 bits per heavy atom. The highest BCUT2D eigenvalue weighted by atomic mass is 35.5. The Bertz CT molecular complexity index is 602. The molecule has 18 heavy (non-hydrogen) atoms. The first-order valence-electron chi connectivity index (χ1n) is 5.39. The van der Waals surface area contributed by atoms with E-state index in [4.69, 9.17) is 11.6 Å². The zero-order valence-corrected chi connectivity index (χ0v) is 10.5. The maximum atomic E-state index is 11.7. The van der Waals surface area contributed by atoms with Crippen molar-refractivity contribution in [2.75, 3.05) is 7.11 Å². The lowest BCUT2D eigenvalue weighted by Crippen LogP contribution is -2.20. The van der Waals surface area contributed by atoms with Crippen LogP contribution in [0.4, 0.5) is 0 Å². The van der Waals surface area contributed by atoms with Gasteiger partial charge in [0.15, 0.2) is 0 Å². The standard InChI is InChI=1S/C14H11ClO3/c1-18-14(17)13(16)12(15)11-8-4-6-9-5-2-3-7-10(9)11/h2-8,12H,1H3. The van der Waals surface area contributed by atoms with Gasteiger partial charge in [-0.25, -0.2) is 4.79 Å². The van der Waals surface area contributed by atoms with E-state index < -0.39 is 17.1 Å². The number of esters is 1. The molecule has 0 heterocycles. The largest absolute Gasteiger partial charge is 0.463 e. The fraction of sp³-hybridized carbons (Fsp3) is 0.143. The van der Waals surface area contributed by atoms with Gasteiger partial charge in [0, 0.05) is 0 Å². The number of ether oxygens (including phenoxy) is 1. The fourth-order valence-electron chi connectivity index (χ4n) is 1.82. The van der Waals surface area contributed by atoms with Crippen LogP contribution in [0, 0.1) is 0 Å². The Kier molecular flexibility index (Phi) is 3.63. The highest BCUT2D eigenvalue weighted by Gasteiger charge is 2.26. The van der Waals surface area contributed by atoms with E-state index in [1.807, 2.05) is 30.3 Å². The second kappa shape index (κ2) is 5.19. The lowest BCUT2D eigenvalue weighted by atomic mass is 10.00. The summed E-state index contributed by atoms with van der Waals surface area (Å²) in [6.07, 6.45) is 0. The van der Waals surface area contributed by atoms with Gasteiger partial charge in [-0.2, -0.15) is 0 Å². The molecule has 2 aromatic carbocycles. The summed E-state index contributed by atoms with van der Waals surface area (Å²) >= 11 is 6.06. The first-order valence-corrected chi connectivity index (χ1v) is 5.82. The molecule has 0 radical (unpaired) electrons. The normalized spacial score (nSPS) is 12.1. The molecule has 0 spiro atoms. The van der Waals surface area contributed by atoms with Gasteiger partial charge >= 0.3 is 5.97 Å². The first kappa shape index (κ1) is 12.6. The van der Waals surface area contributed by atoms with Crippen molar-refractivity contribution in [2.24, 2.45) is 0 Å². The number of hydrogen-bond acceptors (Lipinski definition) is 3. The highest BCUT2D eigenvalue weighted by molar-refractivity contribution is 6.47. The molecule has 0 aliphatic rings. The summed E-state index contributed by atoms with van der Waals surface area (Å²) in [6.45, 7) is 0. The average molecular weight is 263 g/mol. The van der Waals surface area contributed by atoms with Gasteiger partial charge in [-0.15, -0.1) is 11.6 Å². The number of fused-ring (bicyclic) bond motifs is 1. The Labute approximate surface area is 109 Å². The quantitative estimate of drug-likeness (QED) is 0.485. The third-order valence-electron chi connectivity index (χ3n) is 2.71. The van der Waals surface area contributed by atoms with Crippen molar-refractivity contribution in [3.63, 3.8) is 0 Å². The molecule has 0 aliphatic heterocycles. The van der Waals surface area contributed by atoms with Crippen molar-refractivity contribution in [1.29, 1.82) is 0 Å². The summed E-state index contributed by atoms with van der Waals surface area (Å²) < 4.78 is 4.39. The number of carbonyl (C=O) groups excluding carboxylic acids is 2. The van der Waals surface area contributed by atoms with E-state index in [1.165, 1.54) is 0 Å². The van der Waals surface area contributed by atoms with Gasteiger partial charge in [-0.3, -0.25) is 4.79 Å². The average Bonchev–Trinajstić information content (AvgIpc) is 2.44. The summed E-state index contributed by atoms with van der Waals surface area (Å²) in [7, 11) is 1.16. The molecular formula is C14H11ClO3. The summed E-state index contributed by atoms with van der Waals surface area (Å²) in [6, 6.07) is 13.0. The Hall–Kier alpha value is -1.87. The van der Waals surface area contributed by atoms with E-state index in [9.17, 15) is 9.59 Å². The Morgan fingerprint density at radius 2 is 1.78 bits per heavy atom. The minimum atomic E-state index is -1.02. The molecule has 0 saturated carbocycles. The van der Waals surface area contributed by atoms with E-state index in [2.05, 4.69) is 4.74 Å². The minimum absolute atomic E-state index is 0.616. The predicted molar refractivity (Wildman–Crippen MR) is 69.6 cm³/mol. The number of methoxy groups -OCH3 is 1. The monoisotopic (exact) mass is 262 g/mol. The van der Waals surface area contributed by atoms with Gasteiger partial charge in [0.05, 0.1) is 7.11 Å². The van der Waals surface area contributed by atoms with Crippen LogP contribution in [0.5, 0.6) is 0 Å². The minimum Gasteiger partial charge on any atom is -0.463 e. The number of carbonyl (C=O) groups is 2. The molecule has 4 heteroatoms. The number of hydrogen-bond donors (Lipinski definition) is 0. The van der Waals surface area contributed by atoms with Crippen molar-refractivity contribution in [2.45, 2.75) is 5.38 Å². The van der Waals surface area contributed by atoms with Crippen LogP contribution >= 0.6 is 11.6 Å². The lowest BCUT2D eigenvalue weighted by Gasteiger charge is -2.10. The molecule has 0 fully saturated rings. The van der Waals surface area contributed by atoms with Crippen LogP contribution in [0.15, 0.2) is 42.5 Å². The highest BCUT2D eigenvalue weighted by Crippen LogP contribution is 2.29. The molecule has 0 aliphatic carbocycles. The first-order chi connectivity index (χ1) is 8.65. The number of alkyl halides is 1. The number of Topliss-reactive ketones (excluding diaryl/α,β-unsaturated/α-hetero) is 1. The maximum Gasteiger partial charge on any atom is 0.376 e.